The van der Waals surface area contributed by atoms with Crippen molar-refractivity contribution >= 4 is 42.5 Å². The first kappa shape index (κ1) is 23.3. The fourth-order valence-electron chi connectivity index (χ4n) is 1.75. The molecule has 1 atom stereocenters. The zero-order valence-corrected chi connectivity index (χ0v) is 16.0. The molecule has 1 aromatic carbocycles. The monoisotopic (exact) mass is 438 g/mol. The van der Waals surface area contributed by atoms with Gasteiger partial charge in [-0.25, -0.2) is 0 Å². The Kier molecular flexibility index (Phi) is 8.58. The lowest BCUT2D eigenvalue weighted by Gasteiger charge is -2.29. The second kappa shape index (κ2) is 9.95. The molecule has 10 nitrogen and oxygen atoms in total. The summed E-state index contributed by atoms with van der Waals surface area (Å²) < 4.78 is 13.4. The van der Waals surface area contributed by atoms with Gasteiger partial charge in [-0.15, -0.1) is 0 Å². The lowest BCUT2D eigenvalue weighted by atomic mass is 10.1. The van der Waals surface area contributed by atoms with Gasteiger partial charge in [0.1, 0.15) is 11.1 Å². The first-order chi connectivity index (χ1) is 12.4. The van der Waals surface area contributed by atoms with Crippen LogP contribution >= 0.6 is 31.0 Å². The first-order valence-corrected chi connectivity index (χ1v) is 9.26. The Balaban J connectivity index is 0.000000293. The van der Waals surface area contributed by atoms with Crippen LogP contribution in [0.25, 0.3) is 11.1 Å². The lowest BCUT2D eigenvalue weighted by Crippen LogP contribution is -2.26. The number of hydrogen-bond acceptors (Lipinski definition) is 8. The molecule has 0 aliphatic rings. The highest BCUT2D eigenvalue weighted by Gasteiger charge is 2.21. The van der Waals surface area contributed by atoms with Gasteiger partial charge in [0.15, 0.2) is 5.78 Å². The van der Waals surface area contributed by atoms with Gasteiger partial charge < -0.3 is 29.0 Å². The number of benzene rings is 1. The smallest absolute Gasteiger partial charge is 0.295 e. The van der Waals surface area contributed by atoms with E-state index in [2.05, 4.69) is 9.51 Å². The zero-order valence-electron chi connectivity index (χ0n) is 13.6. The average molecular weight is 439 g/mol. The van der Waals surface area contributed by atoms with E-state index in [1.807, 2.05) is 0 Å². The minimum Gasteiger partial charge on any atom is -0.790 e. The largest absolute Gasteiger partial charge is 0.790 e. The number of nitro benzene ring substituents is 1. The topological polar surface area (TPSA) is 169 Å². The SMILES string of the molecule is CC(=O)C(O)COP(=O)([O-])[O-].O=[N+]([O-])c1c(Cl)cccc1-c1c[nH]cc1Cl. The van der Waals surface area contributed by atoms with Crippen LogP contribution in [-0.4, -0.2) is 33.5 Å². The highest BCUT2D eigenvalue weighted by atomic mass is 35.5. The van der Waals surface area contributed by atoms with Crippen LogP contribution in [0.3, 0.4) is 0 Å². The number of aromatic amines is 1. The number of Topliss-reactive ketones (excluding diaryl/α,β-unsaturated/α-hetero) is 1. The highest BCUT2D eigenvalue weighted by Crippen LogP contribution is 2.38. The Morgan fingerprint density at radius 3 is 2.37 bits per heavy atom. The number of aliphatic hydroxyl groups excluding tert-OH is 1. The van der Waals surface area contributed by atoms with Crippen molar-refractivity contribution in [3.63, 3.8) is 0 Å². The summed E-state index contributed by atoms with van der Waals surface area (Å²) in [5, 5.41) is 20.1. The van der Waals surface area contributed by atoms with Crippen molar-refractivity contribution in [2.45, 2.75) is 13.0 Å². The van der Waals surface area contributed by atoms with Crippen molar-refractivity contribution in [3.05, 3.63) is 50.8 Å². The van der Waals surface area contributed by atoms with Crippen LogP contribution in [0.5, 0.6) is 0 Å². The molecule has 1 unspecified atom stereocenters. The van der Waals surface area contributed by atoms with Crippen molar-refractivity contribution in [1.29, 1.82) is 0 Å². The van der Waals surface area contributed by atoms with E-state index in [0.29, 0.717) is 16.1 Å². The van der Waals surface area contributed by atoms with E-state index in [1.54, 1.807) is 24.5 Å². The number of nitrogens with one attached hydrogen (secondary N) is 1. The predicted octanol–water partition coefficient (Wildman–Crippen LogP) is 1.68. The Hall–Kier alpha value is -1.78. The third kappa shape index (κ3) is 7.39. The molecule has 2 N–H and O–H groups in total. The number of halogens is 2. The maximum atomic E-state index is 10.9. The fraction of sp³-hybridized carbons (Fsp3) is 0.214. The number of nitro groups is 1. The third-order valence-corrected chi connectivity index (χ3v) is 4.10. The first-order valence-electron chi connectivity index (χ1n) is 7.04. The van der Waals surface area contributed by atoms with Gasteiger partial charge in [-0.05, 0) is 19.1 Å². The number of carbonyl (C=O) groups excluding carboxylic acids is 1. The summed E-state index contributed by atoms with van der Waals surface area (Å²) in [6.45, 7) is 0.244. The number of carbonyl (C=O) groups is 1. The van der Waals surface area contributed by atoms with Crippen molar-refractivity contribution < 1.29 is 33.7 Å². The molecule has 0 saturated carbocycles. The van der Waals surface area contributed by atoms with E-state index >= 15 is 0 Å². The van der Waals surface area contributed by atoms with E-state index < -0.39 is 31.2 Å². The van der Waals surface area contributed by atoms with Crippen molar-refractivity contribution in [2.75, 3.05) is 6.61 Å². The Bertz CT molecular complexity index is 867. The van der Waals surface area contributed by atoms with Gasteiger partial charge in [-0.3, -0.25) is 14.9 Å². The van der Waals surface area contributed by atoms with E-state index in [1.165, 1.54) is 6.07 Å². The zero-order chi connectivity index (χ0) is 20.8. The number of hydrogen-bond donors (Lipinski definition) is 2. The number of phosphoric acid groups is 1. The molecule has 0 saturated heterocycles. The molecule has 0 bridgehead atoms. The maximum Gasteiger partial charge on any atom is 0.295 e. The van der Waals surface area contributed by atoms with Crippen LogP contribution in [0.1, 0.15) is 6.92 Å². The summed E-state index contributed by atoms with van der Waals surface area (Å²) in [7, 11) is -5.07. The third-order valence-electron chi connectivity index (χ3n) is 3.01. The summed E-state index contributed by atoms with van der Waals surface area (Å²) in [6, 6.07) is 4.73. The van der Waals surface area contributed by atoms with Gasteiger partial charge in [0.25, 0.3) is 5.69 Å². The number of nitrogens with zero attached hydrogens (tertiary/aromatic N) is 1. The molecule has 0 spiro atoms. The lowest BCUT2D eigenvalue weighted by molar-refractivity contribution is -0.384. The summed E-state index contributed by atoms with van der Waals surface area (Å²) in [5.74, 6) is -0.654. The number of aromatic nitrogens is 1. The van der Waals surface area contributed by atoms with E-state index in [0.717, 1.165) is 6.92 Å². The molecule has 0 radical (unpaired) electrons. The Morgan fingerprint density at radius 2 is 1.93 bits per heavy atom. The molecule has 2 rings (SSSR count). The van der Waals surface area contributed by atoms with Gasteiger partial charge in [-0.2, -0.15) is 0 Å². The van der Waals surface area contributed by atoms with E-state index in [4.69, 9.17) is 28.3 Å². The molecule has 2 aromatic rings. The molecule has 0 amide bonds. The average Bonchev–Trinajstić information content (AvgIpc) is 2.97. The summed E-state index contributed by atoms with van der Waals surface area (Å²) in [6.07, 6.45) is 1.61. The Morgan fingerprint density at radius 1 is 1.30 bits per heavy atom. The molecule has 0 aliphatic carbocycles. The van der Waals surface area contributed by atoms with Crippen LogP contribution in [0.4, 0.5) is 5.69 Å². The minimum absolute atomic E-state index is 0.0970. The van der Waals surface area contributed by atoms with Crippen LogP contribution < -0.4 is 9.79 Å². The van der Waals surface area contributed by atoms with Gasteiger partial charge in [0.05, 0.1) is 29.9 Å². The predicted molar refractivity (Wildman–Crippen MR) is 93.1 cm³/mol. The van der Waals surface area contributed by atoms with Gasteiger partial charge in [-0.1, -0.05) is 29.3 Å². The van der Waals surface area contributed by atoms with Crippen molar-refractivity contribution in [2.24, 2.45) is 0 Å². The molecular weight excluding hydrogens is 426 g/mol. The normalized spacial score (nSPS) is 12.1. The van der Waals surface area contributed by atoms with Crippen LogP contribution in [-0.2, 0) is 13.9 Å². The second-order valence-corrected chi connectivity index (χ2v) is 6.95. The van der Waals surface area contributed by atoms with E-state index in [9.17, 15) is 29.3 Å². The number of aliphatic hydroxyl groups is 1. The molecule has 1 aromatic heterocycles. The molecule has 148 valence electrons. The molecular formula is C14H13Cl2N2O8P-2. The standard InChI is InChI=1S/C10H6Cl2N2O2.C4H9O6P/c11-8-3-1-2-6(10(8)14(15)16)7-4-13-5-9(7)12;1-3(5)4(6)2-10-11(7,8)9/h1-5,13H;4,6H,2H2,1H3,(H2,7,8,9)/p-2. The van der Waals surface area contributed by atoms with Gasteiger partial charge in [0, 0.05) is 18.0 Å². The molecule has 13 heteroatoms. The van der Waals surface area contributed by atoms with Gasteiger partial charge >= 0.3 is 0 Å². The second-order valence-electron chi connectivity index (χ2n) is 4.98. The quantitative estimate of drug-likeness (QED) is 0.389. The van der Waals surface area contributed by atoms with E-state index in [-0.39, 0.29) is 10.7 Å². The molecule has 27 heavy (non-hydrogen) atoms. The number of ketones is 1. The Labute approximate surface area is 163 Å². The maximum absolute atomic E-state index is 10.9. The molecule has 0 fully saturated rings. The van der Waals surface area contributed by atoms with Crippen LogP contribution in [0.15, 0.2) is 30.6 Å². The fourth-order valence-corrected chi connectivity index (χ4v) is 2.54. The number of para-hydroxylation sites is 1. The summed E-state index contributed by atoms with van der Waals surface area (Å²) >= 11 is 11.7. The number of phosphoric ester groups is 1. The van der Waals surface area contributed by atoms with Crippen molar-refractivity contribution in [3.8, 4) is 11.1 Å². The summed E-state index contributed by atoms with van der Waals surface area (Å²) in [5.41, 5.74) is 0.838. The minimum atomic E-state index is -5.07. The van der Waals surface area contributed by atoms with Crippen LogP contribution in [0, 0.1) is 10.1 Å². The van der Waals surface area contributed by atoms with Gasteiger partial charge in [0.2, 0.25) is 0 Å². The molecule has 0 aliphatic heterocycles. The van der Waals surface area contributed by atoms with Crippen LogP contribution in [0.2, 0.25) is 10.0 Å². The van der Waals surface area contributed by atoms with Crippen molar-refractivity contribution in [1.82, 2.24) is 4.98 Å². The highest BCUT2D eigenvalue weighted by molar-refractivity contribution is 7.43. The summed E-state index contributed by atoms with van der Waals surface area (Å²) in [4.78, 5) is 43.0. The number of H-pyrrole nitrogens is 1. The number of rotatable bonds is 6. The molecule has 1 heterocycles.